The second kappa shape index (κ2) is 3.55. The first-order chi connectivity index (χ1) is 6.59. The molecule has 2 rings (SSSR count). The van der Waals surface area contributed by atoms with E-state index in [4.69, 9.17) is 17.3 Å². The third-order valence-corrected chi connectivity index (χ3v) is 3.15. The van der Waals surface area contributed by atoms with Crippen LogP contribution in [-0.2, 0) is 13.0 Å². The van der Waals surface area contributed by atoms with E-state index in [0.717, 1.165) is 24.5 Å². The smallest absolute Gasteiger partial charge is 0.150 e. The summed E-state index contributed by atoms with van der Waals surface area (Å²) in [5.74, 6) is 1.63. The molecule has 14 heavy (non-hydrogen) atoms. The van der Waals surface area contributed by atoms with Crippen LogP contribution in [0.1, 0.15) is 37.8 Å². The van der Waals surface area contributed by atoms with Gasteiger partial charge in [-0.25, -0.2) is 4.98 Å². The Morgan fingerprint density at radius 2 is 2.36 bits per heavy atom. The van der Waals surface area contributed by atoms with Crippen molar-refractivity contribution in [3.63, 3.8) is 0 Å². The topological polar surface area (TPSA) is 43.8 Å². The van der Waals surface area contributed by atoms with Gasteiger partial charge in [-0.3, -0.25) is 0 Å². The highest BCUT2D eigenvalue weighted by molar-refractivity contribution is 6.30. The molecule has 4 heteroatoms. The minimum absolute atomic E-state index is 0.0327. The van der Waals surface area contributed by atoms with Gasteiger partial charge < -0.3 is 10.3 Å². The Balaban J connectivity index is 2.44. The molecule has 1 aliphatic heterocycles. The Morgan fingerprint density at radius 3 is 3.00 bits per heavy atom. The Bertz CT molecular complexity index is 343. The molecular weight excluding hydrogens is 198 g/mol. The fourth-order valence-electron chi connectivity index (χ4n) is 2.05. The molecule has 2 N–H and O–H groups in total. The van der Waals surface area contributed by atoms with Gasteiger partial charge in [-0.2, -0.15) is 0 Å². The van der Waals surface area contributed by atoms with Crippen LogP contribution in [0.25, 0.3) is 0 Å². The zero-order valence-electron chi connectivity index (χ0n) is 8.63. The van der Waals surface area contributed by atoms with Crippen molar-refractivity contribution in [3.8, 4) is 0 Å². The molecule has 2 unspecified atom stereocenters. The van der Waals surface area contributed by atoms with Crippen molar-refractivity contribution in [3.05, 3.63) is 16.7 Å². The van der Waals surface area contributed by atoms with Crippen LogP contribution in [0.4, 0.5) is 0 Å². The van der Waals surface area contributed by atoms with Gasteiger partial charge in [0.05, 0.1) is 11.7 Å². The number of hydrogen-bond acceptors (Lipinski definition) is 2. The Kier molecular flexibility index (Phi) is 2.54. The van der Waals surface area contributed by atoms with Crippen LogP contribution >= 0.6 is 11.6 Å². The minimum atomic E-state index is -0.0327. The molecule has 0 saturated heterocycles. The fraction of sp³-hybridized carbons (Fsp3) is 0.700. The van der Waals surface area contributed by atoms with Crippen LogP contribution in [0, 0.1) is 5.92 Å². The molecule has 0 spiro atoms. The first kappa shape index (κ1) is 9.99. The lowest BCUT2D eigenvalue weighted by molar-refractivity contribution is 0.404. The van der Waals surface area contributed by atoms with E-state index in [1.807, 2.05) is 6.92 Å². The number of imidazole rings is 1. The Hall–Kier alpha value is -0.540. The van der Waals surface area contributed by atoms with E-state index in [2.05, 4.69) is 16.5 Å². The maximum atomic E-state index is 6.08. The monoisotopic (exact) mass is 213 g/mol. The van der Waals surface area contributed by atoms with Crippen molar-refractivity contribution in [2.45, 2.75) is 39.3 Å². The molecule has 78 valence electrons. The first-order valence-electron chi connectivity index (χ1n) is 5.10. The molecule has 3 nitrogen and oxygen atoms in total. The molecule has 1 aliphatic rings. The lowest BCUT2D eigenvalue weighted by Gasteiger charge is -2.22. The molecule has 1 aromatic heterocycles. The summed E-state index contributed by atoms with van der Waals surface area (Å²) in [6, 6.07) is -0.0327. The summed E-state index contributed by atoms with van der Waals surface area (Å²) in [5, 5.41) is 0.642. The molecule has 0 saturated carbocycles. The molecule has 0 fully saturated rings. The van der Waals surface area contributed by atoms with Crippen LogP contribution in [0.2, 0.25) is 5.15 Å². The van der Waals surface area contributed by atoms with E-state index < -0.39 is 0 Å². The minimum Gasteiger partial charge on any atom is -0.329 e. The van der Waals surface area contributed by atoms with Gasteiger partial charge in [0.1, 0.15) is 5.82 Å². The highest BCUT2D eigenvalue weighted by Gasteiger charge is 2.23. The zero-order chi connectivity index (χ0) is 10.3. The predicted octanol–water partition coefficient (Wildman–Crippen LogP) is 2.14. The van der Waals surface area contributed by atoms with Crippen molar-refractivity contribution in [2.75, 3.05) is 0 Å². The van der Waals surface area contributed by atoms with E-state index in [9.17, 15) is 0 Å². The van der Waals surface area contributed by atoms with Gasteiger partial charge >= 0.3 is 0 Å². The summed E-state index contributed by atoms with van der Waals surface area (Å²) < 4.78 is 2.19. The van der Waals surface area contributed by atoms with E-state index in [-0.39, 0.29) is 6.04 Å². The molecule has 0 aromatic carbocycles. The Labute approximate surface area is 89.3 Å². The van der Waals surface area contributed by atoms with E-state index in [1.54, 1.807) is 0 Å². The number of fused-ring (bicyclic) bond motifs is 1. The maximum Gasteiger partial charge on any atom is 0.150 e. The van der Waals surface area contributed by atoms with Gasteiger partial charge in [0.25, 0.3) is 0 Å². The van der Waals surface area contributed by atoms with Gasteiger partial charge in [-0.05, 0) is 25.7 Å². The Morgan fingerprint density at radius 1 is 1.64 bits per heavy atom. The fourth-order valence-corrected chi connectivity index (χ4v) is 2.31. The summed E-state index contributed by atoms with van der Waals surface area (Å²) in [6.07, 6.45) is 2.22. The summed E-state index contributed by atoms with van der Waals surface area (Å²) in [7, 11) is 0. The van der Waals surface area contributed by atoms with Crippen molar-refractivity contribution in [2.24, 2.45) is 11.7 Å². The summed E-state index contributed by atoms with van der Waals surface area (Å²) >= 11 is 6.08. The third kappa shape index (κ3) is 1.55. The number of hydrogen-bond donors (Lipinski definition) is 1. The normalized spacial score (nSPS) is 23.3. The second-order valence-electron chi connectivity index (χ2n) is 4.25. The summed E-state index contributed by atoms with van der Waals surface area (Å²) in [6.45, 7) is 5.20. The molecular formula is C10H16ClN3. The van der Waals surface area contributed by atoms with Gasteiger partial charge in [0.15, 0.2) is 5.15 Å². The van der Waals surface area contributed by atoms with Crippen LogP contribution in [0.3, 0.4) is 0 Å². The predicted molar refractivity (Wildman–Crippen MR) is 57.3 cm³/mol. The summed E-state index contributed by atoms with van der Waals surface area (Å²) in [5.41, 5.74) is 7.01. The maximum absolute atomic E-state index is 6.08. The highest BCUT2D eigenvalue weighted by atomic mass is 35.5. The van der Waals surface area contributed by atoms with Crippen LogP contribution in [0.15, 0.2) is 0 Å². The van der Waals surface area contributed by atoms with Gasteiger partial charge in [-0.1, -0.05) is 18.5 Å². The molecule has 0 radical (unpaired) electrons. The second-order valence-corrected chi connectivity index (χ2v) is 4.60. The van der Waals surface area contributed by atoms with Gasteiger partial charge in [0.2, 0.25) is 0 Å². The molecule has 2 heterocycles. The number of nitrogens with zero attached hydrogens (tertiary/aromatic N) is 2. The van der Waals surface area contributed by atoms with Crippen molar-refractivity contribution < 1.29 is 0 Å². The number of rotatable bonds is 1. The number of nitrogens with two attached hydrogens (primary N) is 1. The van der Waals surface area contributed by atoms with Crippen molar-refractivity contribution in [1.82, 2.24) is 9.55 Å². The quantitative estimate of drug-likeness (QED) is 0.777. The molecule has 0 amide bonds. The van der Waals surface area contributed by atoms with Crippen LogP contribution in [0.5, 0.6) is 0 Å². The van der Waals surface area contributed by atoms with Crippen molar-refractivity contribution in [1.29, 1.82) is 0 Å². The zero-order valence-corrected chi connectivity index (χ0v) is 9.38. The third-order valence-electron chi connectivity index (χ3n) is 2.85. The molecule has 0 bridgehead atoms. The molecule has 2 atom stereocenters. The number of aromatic nitrogens is 2. The largest absolute Gasteiger partial charge is 0.329 e. The summed E-state index contributed by atoms with van der Waals surface area (Å²) in [4.78, 5) is 4.33. The first-order valence-corrected chi connectivity index (χ1v) is 5.47. The van der Waals surface area contributed by atoms with E-state index in [1.165, 1.54) is 6.42 Å². The van der Waals surface area contributed by atoms with Gasteiger partial charge in [-0.15, -0.1) is 0 Å². The van der Waals surface area contributed by atoms with Crippen molar-refractivity contribution >= 4 is 11.6 Å². The SMILES string of the molecule is CC1CCn2c(C(C)N)nc(Cl)c2C1. The lowest BCUT2D eigenvalue weighted by atomic mass is 9.98. The lowest BCUT2D eigenvalue weighted by Crippen LogP contribution is -2.21. The van der Waals surface area contributed by atoms with Crippen LogP contribution < -0.4 is 5.73 Å². The van der Waals surface area contributed by atoms with E-state index >= 15 is 0 Å². The number of halogens is 1. The molecule has 0 aliphatic carbocycles. The van der Waals surface area contributed by atoms with Crippen LogP contribution in [-0.4, -0.2) is 9.55 Å². The standard InChI is InChI=1S/C10H16ClN3/c1-6-3-4-14-8(5-6)9(11)13-10(14)7(2)12/h6-7H,3-5,12H2,1-2H3. The highest BCUT2D eigenvalue weighted by Crippen LogP contribution is 2.28. The molecule has 1 aromatic rings. The average molecular weight is 214 g/mol. The average Bonchev–Trinajstić information content (AvgIpc) is 2.44. The van der Waals surface area contributed by atoms with Gasteiger partial charge in [0, 0.05) is 6.54 Å². The van der Waals surface area contributed by atoms with E-state index in [0.29, 0.717) is 11.1 Å².